The van der Waals surface area contributed by atoms with Crippen LogP contribution in [0.5, 0.6) is 0 Å². The van der Waals surface area contributed by atoms with Crippen molar-refractivity contribution in [2.24, 2.45) is 12.8 Å². The van der Waals surface area contributed by atoms with E-state index >= 15 is 0 Å². The maximum Gasteiger partial charge on any atom is 0.274 e. The Morgan fingerprint density at radius 3 is 2.81 bits per heavy atom. The fourth-order valence-electron chi connectivity index (χ4n) is 3.04. The summed E-state index contributed by atoms with van der Waals surface area (Å²) < 4.78 is 1.77. The third kappa shape index (κ3) is 4.74. The van der Waals surface area contributed by atoms with Gasteiger partial charge in [0.25, 0.3) is 11.8 Å². The molecule has 0 aliphatic carbocycles. The van der Waals surface area contributed by atoms with Crippen LogP contribution in [0.1, 0.15) is 31.8 Å². The van der Waals surface area contributed by atoms with Gasteiger partial charge < -0.3 is 25.6 Å². The van der Waals surface area contributed by atoms with E-state index in [-0.39, 0.29) is 11.6 Å². The monoisotopic (exact) mass is 439 g/mol. The predicted octanol–water partition coefficient (Wildman–Crippen LogP) is 1.03. The summed E-state index contributed by atoms with van der Waals surface area (Å²) >= 11 is 1.35. The molecule has 0 saturated carbocycles. The third-order valence-corrected chi connectivity index (χ3v) is 5.87. The minimum atomic E-state index is -0.487. The average Bonchev–Trinajstić information content (AvgIpc) is 3.15. The fourth-order valence-corrected chi connectivity index (χ4v) is 3.86. The Hall–Kier alpha value is -3.28. The molecule has 160 valence electrons. The number of aliphatic hydroxyl groups is 1. The van der Waals surface area contributed by atoms with Crippen LogP contribution in [0.3, 0.4) is 0 Å². The van der Waals surface area contributed by atoms with E-state index in [4.69, 9.17) is 5.73 Å². The lowest BCUT2D eigenvalue weighted by Gasteiger charge is -2.35. The third-order valence-electron chi connectivity index (χ3n) is 4.76. The van der Waals surface area contributed by atoms with Gasteiger partial charge in [-0.2, -0.15) is 0 Å². The van der Waals surface area contributed by atoms with Crippen molar-refractivity contribution in [2.45, 2.75) is 16.6 Å². The van der Waals surface area contributed by atoms with Crippen molar-refractivity contribution in [3.05, 3.63) is 65.7 Å². The lowest BCUT2D eigenvalue weighted by atomic mass is 10.1. The number of aliphatic hydroxyl groups excluding tert-OH is 1. The summed E-state index contributed by atoms with van der Waals surface area (Å²) in [6.07, 6.45) is 2.53. The van der Waals surface area contributed by atoms with Crippen molar-refractivity contribution in [3.63, 3.8) is 0 Å². The topological polar surface area (TPSA) is 139 Å². The summed E-state index contributed by atoms with van der Waals surface area (Å²) in [5.74, 6) is -0.680. The molecule has 1 atom stereocenters. The number of nitrogens with zero attached hydrogens (tertiary/aromatic N) is 5. The normalized spacial score (nSPS) is 14.7. The largest absolute Gasteiger partial charge is 0.389 e. The molecule has 2 aromatic heterocycles. The molecule has 0 spiro atoms. The molecule has 11 heteroatoms. The number of hydrogen-bond acceptors (Lipinski definition) is 8. The highest BCUT2D eigenvalue weighted by Crippen LogP contribution is 2.30. The maximum atomic E-state index is 12.7. The number of carbonyl (C=O) groups excluding carboxylic acids is 2. The van der Waals surface area contributed by atoms with Gasteiger partial charge in [-0.1, -0.05) is 23.9 Å². The predicted molar refractivity (Wildman–Crippen MR) is 114 cm³/mol. The molecule has 0 bridgehead atoms. The van der Waals surface area contributed by atoms with Gasteiger partial charge in [-0.3, -0.25) is 14.6 Å². The number of aromatic nitrogens is 4. The van der Waals surface area contributed by atoms with E-state index in [2.05, 4.69) is 20.5 Å². The summed E-state index contributed by atoms with van der Waals surface area (Å²) in [6.45, 7) is 0.587. The number of pyridine rings is 1. The van der Waals surface area contributed by atoms with Gasteiger partial charge >= 0.3 is 0 Å². The number of nitrogens with one attached hydrogen (secondary N) is 1. The molecule has 10 nitrogen and oxygen atoms in total. The second kappa shape index (κ2) is 8.84. The molecule has 31 heavy (non-hydrogen) atoms. The van der Waals surface area contributed by atoms with Crippen LogP contribution in [0.4, 0.5) is 5.69 Å². The van der Waals surface area contributed by atoms with E-state index in [9.17, 15) is 14.7 Å². The van der Waals surface area contributed by atoms with Crippen molar-refractivity contribution in [2.75, 3.05) is 18.4 Å². The average molecular weight is 440 g/mol. The summed E-state index contributed by atoms with van der Waals surface area (Å²) in [7, 11) is 1.83. The lowest BCUT2D eigenvalue weighted by molar-refractivity contribution is 0.00588. The molecule has 0 radical (unpaired) electrons. The Labute approximate surface area is 182 Å². The highest BCUT2D eigenvalue weighted by molar-refractivity contribution is 7.99. The number of rotatable bonds is 6. The van der Waals surface area contributed by atoms with E-state index < -0.39 is 17.4 Å². The SMILES string of the molecule is Cn1cnnc1S[C@@H](N)c1cccc(NC(=O)c2cc(C(=O)N3CC(O)C3)ccn2)c1. The van der Waals surface area contributed by atoms with E-state index in [0.29, 0.717) is 29.5 Å². The van der Waals surface area contributed by atoms with Crippen molar-refractivity contribution in [3.8, 4) is 0 Å². The summed E-state index contributed by atoms with van der Waals surface area (Å²) in [5.41, 5.74) is 8.10. The van der Waals surface area contributed by atoms with Crippen molar-refractivity contribution in [1.29, 1.82) is 0 Å². The number of anilines is 1. The van der Waals surface area contributed by atoms with Crippen LogP contribution in [0.25, 0.3) is 0 Å². The number of aryl methyl sites for hydroxylation is 1. The Morgan fingerprint density at radius 1 is 1.29 bits per heavy atom. The van der Waals surface area contributed by atoms with Crippen LogP contribution in [0.2, 0.25) is 0 Å². The first-order valence-electron chi connectivity index (χ1n) is 9.51. The van der Waals surface area contributed by atoms with Gasteiger partial charge in [-0.15, -0.1) is 10.2 Å². The lowest BCUT2D eigenvalue weighted by Crippen LogP contribution is -2.53. The van der Waals surface area contributed by atoms with Crippen LogP contribution in [-0.4, -0.2) is 60.8 Å². The quantitative estimate of drug-likeness (QED) is 0.382. The molecule has 3 heterocycles. The van der Waals surface area contributed by atoms with Gasteiger partial charge in [0, 0.05) is 37.6 Å². The summed E-state index contributed by atoms with van der Waals surface area (Å²) in [6, 6.07) is 10.2. The van der Waals surface area contributed by atoms with Crippen LogP contribution in [0, 0.1) is 0 Å². The first-order valence-corrected chi connectivity index (χ1v) is 10.4. The molecular weight excluding hydrogens is 418 g/mol. The van der Waals surface area contributed by atoms with Gasteiger partial charge in [-0.05, 0) is 29.8 Å². The number of carbonyl (C=O) groups is 2. The van der Waals surface area contributed by atoms with Crippen molar-refractivity contribution >= 4 is 29.3 Å². The molecule has 1 aliphatic rings. The van der Waals surface area contributed by atoms with Gasteiger partial charge in [0.1, 0.15) is 12.0 Å². The zero-order valence-electron chi connectivity index (χ0n) is 16.7. The minimum absolute atomic E-state index is 0.120. The number of likely N-dealkylation sites (tertiary alicyclic amines) is 1. The Morgan fingerprint density at radius 2 is 2.10 bits per heavy atom. The first-order chi connectivity index (χ1) is 14.9. The van der Waals surface area contributed by atoms with Crippen LogP contribution in [0.15, 0.2) is 54.1 Å². The van der Waals surface area contributed by atoms with Crippen molar-refractivity contribution in [1.82, 2.24) is 24.6 Å². The Kier molecular flexibility index (Phi) is 5.98. The molecule has 1 aromatic carbocycles. The van der Waals surface area contributed by atoms with Gasteiger partial charge in [0.2, 0.25) is 0 Å². The highest BCUT2D eigenvalue weighted by Gasteiger charge is 2.29. The number of thioether (sulfide) groups is 1. The zero-order chi connectivity index (χ0) is 22.0. The molecule has 1 aliphatic heterocycles. The molecule has 1 fully saturated rings. The Balaban J connectivity index is 1.44. The molecule has 0 unspecified atom stereocenters. The zero-order valence-corrected chi connectivity index (χ0v) is 17.5. The second-order valence-electron chi connectivity index (χ2n) is 7.14. The summed E-state index contributed by atoms with van der Waals surface area (Å²) in [5, 5.41) is 20.3. The molecule has 1 saturated heterocycles. The number of hydrogen-bond donors (Lipinski definition) is 3. The number of amides is 2. The standard InChI is InChI=1S/C20H21N7O3S/c1-26-11-23-25-20(26)31-17(21)12-3-2-4-14(7-12)24-18(29)16-8-13(5-6-22-16)19(30)27-9-15(28)10-27/h2-8,11,15,17,28H,9-10,21H2,1H3,(H,24,29)/t17-/m1/s1. The molecular formula is C20H21N7O3S. The van der Waals surface area contributed by atoms with Crippen LogP contribution < -0.4 is 11.1 Å². The van der Waals surface area contributed by atoms with Crippen LogP contribution in [-0.2, 0) is 7.05 Å². The molecule has 4 N–H and O–H groups in total. The van der Waals surface area contributed by atoms with Gasteiger partial charge in [-0.25, -0.2) is 0 Å². The minimum Gasteiger partial charge on any atom is -0.389 e. The highest BCUT2D eigenvalue weighted by atomic mass is 32.2. The van der Waals surface area contributed by atoms with Crippen molar-refractivity contribution < 1.29 is 14.7 Å². The summed E-state index contributed by atoms with van der Waals surface area (Å²) in [4.78, 5) is 30.7. The number of benzene rings is 1. The second-order valence-corrected chi connectivity index (χ2v) is 8.24. The molecule has 3 aromatic rings. The fraction of sp³-hybridized carbons (Fsp3) is 0.250. The van der Waals surface area contributed by atoms with Gasteiger partial charge in [0.15, 0.2) is 5.16 Å². The van der Waals surface area contributed by atoms with Crippen LogP contribution >= 0.6 is 11.8 Å². The van der Waals surface area contributed by atoms with E-state index in [1.807, 2.05) is 13.1 Å². The van der Waals surface area contributed by atoms with E-state index in [1.54, 1.807) is 35.2 Å². The Bertz CT molecular complexity index is 1110. The van der Waals surface area contributed by atoms with Gasteiger partial charge in [0.05, 0.1) is 11.5 Å². The molecule has 4 rings (SSSR count). The van der Waals surface area contributed by atoms with E-state index in [1.165, 1.54) is 28.9 Å². The first kappa shape index (κ1) is 21.0. The number of nitrogens with two attached hydrogens (primary N) is 1. The smallest absolute Gasteiger partial charge is 0.274 e. The molecule has 2 amide bonds. The maximum absolute atomic E-state index is 12.7. The van der Waals surface area contributed by atoms with E-state index in [0.717, 1.165) is 5.56 Å². The number of β-amino-alcohol motifs (C(OH)–C–C–N with tert-alkyl or cyclic N) is 1.